The van der Waals surface area contributed by atoms with Gasteiger partial charge in [-0.3, -0.25) is 0 Å². The van der Waals surface area contributed by atoms with Gasteiger partial charge in [-0.15, -0.1) is 0 Å². The minimum atomic E-state index is -0.264. The number of carbonyl (C=O) groups is 1. The molecule has 1 aliphatic rings. The molecule has 2 aromatic carbocycles. The molecule has 1 aliphatic heterocycles. The summed E-state index contributed by atoms with van der Waals surface area (Å²) in [6.07, 6.45) is 0.541. The maximum absolute atomic E-state index is 12.4. The Morgan fingerprint density at radius 2 is 1.93 bits per heavy atom. The average Bonchev–Trinajstić information content (AvgIpc) is 2.74. The van der Waals surface area contributed by atoms with Gasteiger partial charge in [-0.1, -0.05) is 36.4 Å². The number of nitrogens with one attached hydrogen (secondary N) is 1. The monoisotopic (exact) mass is 384 g/mol. The Balaban J connectivity index is 1.44. The van der Waals surface area contributed by atoms with Crippen LogP contribution in [0.25, 0.3) is 0 Å². The van der Waals surface area contributed by atoms with Gasteiger partial charge in [-0.2, -0.15) is 0 Å². The number of rotatable bonds is 7. The van der Waals surface area contributed by atoms with E-state index in [4.69, 9.17) is 14.2 Å². The van der Waals surface area contributed by atoms with E-state index >= 15 is 0 Å². The van der Waals surface area contributed by atoms with E-state index in [0.717, 1.165) is 35.6 Å². The number of benzene rings is 2. The smallest absolute Gasteiger partial charge is 0.410 e. The van der Waals surface area contributed by atoms with Gasteiger partial charge in [0.15, 0.2) is 0 Å². The van der Waals surface area contributed by atoms with Crippen molar-refractivity contribution >= 4 is 6.09 Å². The third-order valence-electron chi connectivity index (χ3n) is 4.90. The molecule has 1 N–H and O–H groups in total. The van der Waals surface area contributed by atoms with Crippen molar-refractivity contribution in [2.75, 3.05) is 33.4 Å². The highest BCUT2D eigenvalue weighted by atomic mass is 16.6. The van der Waals surface area contributed by atoms with Crippen LogP contribution in [0.2, 0.25) is 0 Å². The highest BCUT2D eigenvalue weighted by Gasteiger charge is 2.24. The lowest BCUT2D eigenvalue weighted by atomic mass is 10.1. The molecule has 0 aromatic heterocycles. The van der Waals surface area contributed by atoms with E-state index in [0.29, 0.717) is 26.3 Å². The zero-order chi connectivity index (χ0) is 19.8. The van der Waals surface area contributed by atoms with Crippen molar-refractivity contribution in [2.24, 2.45) is 0 Å². The zero-order valence-corrected chi connectivity index (χ0v) is 16.5. The SMILES string of the molecule is COc1cccc(OCC[C@@H]2CN(C(=O)OCc3ccccc3)CCN2)c1C. The lowest BCUT2D eigenvalue weighted by molar-refractivity contribution is 0.0827. The average molecular weight is 384 g/mol. The summed E-state index contributed by atoms with van der Waals surface area (Å²) < 4.78 is 16.7. The standard InChI is InChI=1S/C22H28N2O4/c1-17-20(26-2)9-6-10-21(17)27-14-11-19-15-24(13-12-23-19)22(25)28-16-18-7-4-3-5-8-18/h3-10,19,23H,11-16H2,1-2H3/t19-/m1/s1. The number of carbonyl (C=O) groups excluding carboxylic acids is 1. The van der Waals surface area contributed by atoms with Crippen LogP contribution in [0.1, 0.15) is 17.5 Å². The van der Waals surface area contributed by atoms with Crippen LogP contribution in [0.3, 0.4) is 0 Å². The molecule has 0 unspecified atom stereocenters. The summed E-state index contributed by atoms with van der Waals surface area (Å²) in [5, 5.41) is 3.45. The van der Waals surface area contributed by atoms with Crippen molar-refractivity contribution < 1.29 is 19.0 Å². The van der Waals surface area contributed by atoms with Crippen molar-refractivity contribution in [3.05, 3.63) is 59.7 Å². The number of hydrogen-bond acceptors (Lipinski definition) is 5. The van der Waals surface area contributed by atoms with E-state index in [-0.39, 0.29) is 12.1 Å². The molecule has 0 spiro atoms. The van der Waals surface area contributed by atoms with Crippen LogP contribution in [0.4, 0.5) is 4.79 Å². The first-order chi connectivity index (χ1) is 13.7. The molecule has 150 valence electrons. The van der Waals surface area contributed by atoms with Crippen molar-refractivity contribution in [2.45, 2.75) is 26.0 Å². The van der Waals surface area contributed by atoms with Gasteiger partial charge >= 0.3 is 6.09 Å². The summed E-state index contributed by atoms with van der Waals surface area (Å²) >= 11 is 0. The molecule has 0 aliphatic carbocycles. The Morgan fingerprint density at radius 3 is 2.71 bits per heavy atom. The number of ether oxygens (including phenoxy) is 3. The lowest BCUT2D eigenvalue weighted by Gasteiger charge is -2.33. The summed E-state index contributed by atoms with van der Waals surface area (Å²) in [6.45, 7) is 4.87. The normalized spacial score (nSPS) is 16.5. The Labute approximate surface area is 166 Å². The van der Waals surface area contributed by atoms with Gasteiger partial charge in [0.2, 0.25) is 0 Å². The van der Waals surface area contributed by atoms with Crippen LogP contribution >= 0.6 is 0 Å². The number of nitrogens with zero attached hydrogens (tertiary/aromatic N) is 1. The predicted octanol–water partition coefficient (Wildman–Crippen LogP) is 3.38. The highest BCUT2D eigenvalue weighted by molar-refractivity contribution is 5.67. The van der Waals surface area contributed by atoms with Gasteiger partial charge in [0.25, 0.3) is 0 Å². The number of hydrogen-bond donors (Lipinski definition) is 1. The first-order valence-electron chi connectivity index (χ1n) is 9.63. The van der Waals surface area contributed by atoms with Gasteiger partial charge in [0.1, 0.15) is 18.1 Å². The van der Waals surface area contributed by atoms with E-state index in [2.05, 4.69) is 5.32 Å². The summed E-state index contributed by atoms with van der Waals surface area (Å²) in [6, 6.07) is 15.7. The van der Waals surface area contributed by atoms with E-state index in [1.165, 1.54) is 0 Å². The number of amides is 1. The third-order valence-corrected chi connectivity index (χ3v) is 4.90. The van der Waals surface area contributed by atoms with E-state index < -0.39 is 0 Å². The maximum atomic E-state index is 12.4. The highest BCUT2D eigenvalue weighted by Crippen LogP contribution is 2.27. The summed E-state index contributed by atoms with van der Waals surface area (Å²) in [5.74, 6) is 1.65. The minimum Gasteiger partial charge on any atom is -0.496 e. The van der Waals surface area contributed by atoms with Crippen molar-refractivity contribution in [1.29, 1.82) is 0 Å². The first kappa shape index (κ1) is 20.0. The van der Waals surface area contributed by atoms with Crippen LogP contribution in [-0.4, -0.2) is 50.4 Å². The van der Waals surface area contributed by atoms with Crippen LogP contribution in [0.15, 0.2) is 48.5 Å². The molecular formula is C22H28N2O4. The Hall–Kier alpha value is -2.73. The Bertz CT molecular complexity index is 766. The molecular weight excluding hydrogens is 356 g/mol. The van der Waals surface area contributed by atoms with Crippen molar-refractivity contribution in [1.82, 2.24) is 10.2 Å². The van der Waals surface area contributed by atoms with Gasteiger partial charge in [0.05, 0.1) is 13.7 Å². The fourth-order valence-electron chi connectivity index (χ4n) is 3.28. The fourth-order valence-corrected chi connectivity index (χ4v) is 3.28. The van der Waals surface area contributed by atoms with Gasteiger partial charge in [-0.05, 0) is 31.0 Å². The Morgan fingerprint density at radius 1 is 1.14 bits per heavy atom. The second-order valence-corrected chi connectivity index (χ2v) is 6.86. The topological polar surface area (TPSA) is 60.0 Å². The van der Waals surface area contributed by atoms with Gasteiger partial charge < -0.3 is 24.4 Å². The molecule has 28 heavy (non-hydrogen) atoms. The predicted molar refractivity (Wildman–Crippen MR) is 108 cm³/mol. The van der Waals surface area contributed by atoms with Crippen LogP contribution < -0.4 is 14.8 Å². The maximum Gasteiger partial charge on any atom is 0.410 e. The van der Waals surface area contributed by atoms with Crippen molar-refractivity contribution in [3.63, 3.8) is 0 Å². The largest absolute Gasteiger partial charge is 0.496 e. The third kappa shape index (κ3) is 5.39. The molecule has 0 bridgehead atoms. The van der Waals surface area contributed by atoms with Crippen LogP contribution in [-0.2, 0) is 11.3 Å². The number of methoxy groups -OCH3 is 1. The quantitative estimate of drug-likeness (QED) is 0.793. The molecule has 1 atom stereocenters. The number of piperazine rings is 1. The van der Waals surface area contributed by atoms with Gasteiger partial charge in [-0.25, -0.2) is 4.79 Å². The molecule has 1 fully saturated rings. The molecule has 6 nitrogen and oxygen atoms in total. The molecule has 6 heteroatoms. The van der Waals surface area contributed by atoms with Gasteiger partial charge in [0, 0.05) is 31.2 Å². The second kappa shape index (κ2) is 9.99. The minimum absolute atomic E-state index is 0.184. The Kier molecular flexibility index (Phi) is 7.14. The first-order valence-corrected chi connectivity index (χ1v) is 9.63. The van der Waals surface area contributed by atoms with Crippen molar-refractivity contribution in [3.8, 4) is 11.5 Å². The molecule has 2 aromatic rings. The summed E-state index contributed by atoms with van der Waals surface area (Å²) in [4.78, 5) is 14.1. The molecule has 0 saturated carbocycles. The molecule has 0 radical (unpaired) electrons. The van der Waals surface area contributed by atoms with Crippen LogP contribution in [0, 0.1) is 6.92 Å². The van der Waals surface area contributed by atoms with Crippen LogP contribution in [0.5, 0.6) is 11.5 Å². The van der Waals surface area contributed by atoms with E-state index in [9.17, 15) is 4.79 Å². The molecule has 1 saturated heterocycles. The van der Waals surface area contributed by atoms with E-state index in [1.54, 1.807) is 12.0 Å². The summed E-state index contributed by atoms with van der Waals surface area (Å²) in [7, 11) is 1.66. The second-order valence-electron chi connectivity index (χ2n) is 6.86. The molecule has 3 rings (SSSR count). The lowest BCUT2D eigenvalue weighted by Crippen LogP contribution is -2.53. The van der Waals surface area contributed by atoms with E-state index in [1.807, 2.05) is 55.5 Å². The fraction of sp³-hybridized carbons (Fsp3) is 0.409. The molecule has 1 amide bonds. The zero-order valence-electron chi connectivity index (χ0n) is 16.5. The molecule has 1 heterocycles. The summed E-state index contributed by atoms with van der Waals surface area (Å²) in [5.41, 5.74) is 1.98.